The van der Waals surface area contributed by atoms with Gasteiger partial charge in [0.1, 0.15) is 0 Å². The van der Waals surface area contributed by atoms with Crippen LogP contribution in [0.2, 0.25) is 0 Å². The van der Waals surface area contributed by atoms with Crippen LogP contribution in [0.3, 0.4) is 0 Å². The van der Waals surface area contributed by atoms with Gasteiger partial charge >= 0.3 is 0 Å². The van der Waals surface area contributed by atoms with Gasteiger partial charge in [-0.15, -0.1) is 0 Å². The van der Waals surface area contributed by atoms with Crippen molar-refractivity contribution in [2.24, 2.45) is 11.8 Å². The summed E-state index contributed by atoms with van der Waals surface area (Å²) < 4.78 is 5.63. The summed E-state index contributed by atoms with van der Waals surface area (Å²) >= 11 is 0. The molecule has 1 fully saturated rings. The maximum absolute atomic E-state index is 5.63. The van der Waals surface area contributed by atoms with E-state index in [-0.39, 0.29) is 0 Å². The van der Waals surface area contributed by atoms with Crippen LogP contribution in [-0.4, -0.2) is 50.3 Å². The summed E-state index contributed by atoms with van der Waals surface area (Å²) in [6.07, 6.45) is 2.88. The Morgan fingerprint density at radius 3 is 2.67 bits per heavy atom. The molecule has 108 valence electrons. The fourth-order valence-electron chi connectivity index (χ4n) is 2.88. The van der Waals surface area contributed by atoms with E-state index in [0.29, 0.717) is 24.0 Å². The van der Waals surface area contributed by atoms with Crippen LogP contribution in [0.4, 0.5) is 0 Å². The molecule has 0 saturated carbocycles. The van der Waals surface area contributed by atoms with Crippen molar-refractivity contribution in [2.75, 3.05) is 33.3 Å². The van der Waals surface area contributed by atoms with E-state index in [1.165, 1.54) is 19.4 Å². The predicted molar refractivity (Wildman–Crippen MR) is 77.9 cm³/mol. The van der Waals surface area contributed by atoms with E-state index in [4.69, 9.17) is 4.74 Å². The van der Waals surface area contributed by atoms with Crippen LogP contribution in [-0.2, 0) is 4.74 Å². The highest BCUT2D eigenvalue weighted by Gasteiger charge is 2.31. The number of methoxy groups -OCH3 is 1. The van der Waals surface area contributed by atoms with Crippen LogP contribution in [0, 0.1) is 11.8 Å². The summed E-state index contributed by atoms with van der Waals surface area (Å²) in [7, 11) is 1.85. The number of ether oxygens (including phenoxy) is 1. The van der Waals surface area contributed by atoms with Crippen LogP contribution >= 0.6 is 0 Å². The van der Waals surface area contributed by atoms with Gasteiger partial charge in [-0.3, -0.25) is 4.90 Å². The second-order valence-electron chi connectivity index (χ2n) is 6.05. The summed E-state index contributed by atoms with van der Waals surface area (Å²) in [5.74, 6) is 1.39. The Morgan fingerprint density at radius 2 is 2.11 bits per heavy atom. The number of rotatable bonds is 7. The maximum Gasteiger partial charge on any atom is 0.0724 e. The smallest absolute Gasteiger partial charge is 0.0724 e. The molecular weight excluding hydrogens is 224 g/mol. The second kappa shape index (κ2) is 8.13. The third-order valence-electron chi connectivity index (χ3n) is 4.24. The van der Waals surface area contributed by atoms with Crippen molar-refractivity contribution in [2.45, 2.75) is 52.7 Å². The van der Waals surface area contributed by atoms with Crippen molar-refractivity contribution in [3.05, 3.63) is 0 Å². The van der Waals surface area contributed by atoms with E-state index in [0.717, 1.165) is 19.6 Å². The number of likely N-dealkylation sites (tertiary alicyclic amines) is 1. The van der Waals surface area contributed by atoms with Crippen LogP contribution < -0.4 is 5.32 Å². The van der Waals surface area contributed by atoms with Gasteiger partial charge in [-0.05, 0) is 37.8 Å². The highest BCUT2D eigenvalue weighted by molar-refractivity contribution is 4.85. The van der Waals surface area contributed by atoms with Crippen molar-refractivity contribution >= 4 is 0 Å². The minimum absolute atomic E-state index is 0.408. The number of piperidine rings is 1. The van der Waals surface area contributed by atoms with Gasteiger partial charge in [-0.1, -0.05) is 27.7 Å². The molecule has 3 atom stereocenters. The minimum atomic E-state index is 0.408. The molecule has 1 aliphatic rings. The zero-order valence-electron chi connectivity index (χ0n) is 12.9. The zero-order valence-corrected chi connectivity index (χ0v) is 12.9. The quantitative estimate of drug-likeness (QED) is 0.708. The van der Waals surface area contributed by atoms with E-state index in [1.54, 1.807) is 0 Å². The van der Waals surface area contributed by atoms with Crippen molar-refractivity contribution in [1.29, 1.82) is 0 Å². The number of hydrogen-bond donors (Lipinski definition) is 1. The first-order chi connectivity index (χ1) is 8.60. The maximum atomic E-state index is 5.63. The van der Waals surface area contributed by atoms with Gasteiger partial charge in [0.05, 0.1) is 6.10 Å². The van der Waals surface area contributed by atoms with Crippen LogP contribution in [0.15, 0.2) is 0 Å². The van der Waals surface area contributed by atoms with Crippen molar-refractivity contribution in [3.8, 4) is 0 Å². The Labute approximate surface area is 113 Å². The molecule has 0 radical (unpaired) electrons. The first-order valence-corrected chi connectivity index (χ1v) is 7.57. The summed E-state index contributed by atoms with van der Waals surface area (Å²) in [5, 5.41) is 3.58. The Kier molecular flexibility index (Phi) is 7.20. The Morgan fingerprint density at radius 1 is 1.39 bits per heavy atom. The molecule has 18 heavy (non-hydrogen) atoms. The van der Waals surface area contributed by atoms with Gasteiger partial charge in [0.2, 0.25) is 0 Å². The van der Waals surface area contributed by atoms with Crippen LogP contribution in [0.5, 0.6) is 0 Å². The SMILES string of the molecule is CCCNCC(C(C)C)N1CCC(C)C(OC)C1. The highest BCUT2D eigenvalue weighted by atomic mass is 16.5. The molecule has 1 N–H and O–H groups in total. The number of hydrogen-bond acceptors (Lipinski definition) is 3. The van der Waals surface area contributed by atoms with E-state index in [9.17, 15) is 0 Å². The largest absolute Gasteiger partial charge is 0.380 e. The molecule has 0 spiro atoms. The lowest BCUT2D eigenvalue weighted by Gasteiger charge is -2.42. The summed E-state index contributed by atoms with van der Waals surface area (Å²) in [6.45, 7) is 13.7. The standard InChI is InChI=1S/C15H32N2O/c1-6-8-16-10-14(12(2)3)17-9-7-13(4)15(11-17)18-5/h12-16H,6-11H2,1-5H3. The molecule has 0 bridgehead atoms. The average molecular weight is 256 g/mol. The molecule has 1 heterocycles. The normalized spacial score (nSPS) is 27.7. The fourth-order valence-corrected chi connectivity index (χ4v) is 2.88. The number of nitrogens with zero attached hydrogens (tertiary/aromatic N) is 1. The van der Waals surface area contributed by atoms with Gasteiger partial charge < -0.3 is 10.1 Å². The molecule has 3 unspecified atom stereocenters. The summed E-state index contributed by atoms with van der Waals surface area (Å²) in [4.78, 5) is 2.63. The van der Waals surface area contributed by atoms with Crippen LogP contribution in [0.25, 0.3) is 0 Å². The third kappa shape index (κ3) is 4.52. The Hall–Kier alpha value is -0.120. The molecule has 0 aromatic carbocycles. The molecule has 0 aliphatic carbocycles. The van der Waals surface area contributed by atoms with E-state index >= 15 is 0 Å². The Bertz CT molecular complexity index is 221. The van der Waals surface area contributed by atoms with Gasteiger partial charge in [-0.25, -0.2) is 0 Å². The molecule has 1 saturated heterocycles. The summed E-state index contributed by atoms with van der Waals surface area (Å²) in [6, 6.07) is 0.640. The van der Waals surface area contributed by atoms with E-state index < -0.39 is 0 Å². The molecule has 0 aromatic rings. The van der Waals surface area contributed by atoms with Gasteiger partial charge in [0.15, 0.2) is 0 Å². The average Bonchev–Trinajstić information content (AvgIpc) is 2.35. The summed E-state index contributed by atoms with van der Waals surface area (Å²) in [5.41, 5.74) is 0. The second-order valence-corrected chi connectivity index (χ2v) is 6.05. The first kappa shape index (κ1) is 15.9. The Balaban J connectivity index is 2.51. The lowest BCUT2D eigenvalue weighted by atomic mass is 9.92. The fraction of sp³-hybridized carbons (Fsp3) is 1.00. The minimum Gasteiger partial charge on any atom is -0.380 e. The molecular formula is C15H32N2O. The third-order valence-corrected chi connectivity index (χ3v) is 4.24. The van der Waals surface area contributed by atoms with Crippen molar-refractivity contribution in [1.82, 2.24) is 10.2 Å². The van der Waals surface area contributed by atoms with Gasteiger partial charge in [-0.2, -0.15) is 0 Å². The molecule has 3 nitrogen and oxygen atoms in total. The molecule has 3 heteroatoms. The lowest BCUT2D eigenvalue weighted by molar-refractivity contribution is -0.0254. The topological polar surface area (TPSA) is 24.5 Å². The van der Waals surface area contributed by atoms with Gasteiger partial charge in [0, 0.05) is 26.2 Å². The van der Waals surface area contributed by atoms with E-state index in [2.05, 4.69) is 37.9 Å². The predicted octanol–water partition coefficient (Wildman–Crippen LogP) is 2.37. The molecule has 1 rings (SSSR count). The zero-order chi connectivity index (χ0) is 13.5. The van der Waals surface area contributed by atoms with Gasteiger partial charge in [0.25, 0.3) is 0 Å². The monoisotopic (exact) mass is 256 g/mol. The lowest BCUT2D eigenvalue weighted by Crippen LogP contribution is -2.53. The molecule has 0 aromatic heterocycles. The van der Waals surface area contributed by atoms with Crippen LogP contribution in [0.1, 0.15) is 40.5 Å². The molecule has 0 amide bonds. The van der Waals surface area contributed by atoms with E-state index in [1.807, 2.05) is 7.11 Å². The molecule has 1 aliphatic heterocycles. The number of nitrogens with one attached hydrogen (secondary N) is 1. The first-order valence-electron chi connectivity index (χ1n) is 7.57. The van der Waals surface area contributed by atoms with Crippen molar-refractivity contribution < 1.29 is 4.74 Å². The highest BCUT2D eigenvalue weighted by Crippen LogP contribution is 2.23. The van der Waals surface area contributed by atoms with Crippen molar-refractivity contribution in [3.63, 3.8) is 0 Å².